The highest BCUT2D eigenvalue weighted by Crippen LogP contribution is 2.30. The molecule has 1 aromatic heterocycles. The van der Waals surface area contributed by atoms with Gasteiger partial charge in [-0.15, -0.1) is 0 Å². The molecule has 0 aliphatic carbocycles. The Hall–Kier alpha value is -3.33. The van der Waals surface area contributed by atoms with E-state index in [-0.39, 0.29) is 0 Å². The fourth-order valence-electron chi connectivity index (χ4n) is 2.97. The first-order chi connectivity index (χ1) is 12.3. The average molecular weight is 326 g/mol. The molecule has 0 atom stereocenters. The molecule has 0 amide bonds. The van der Waals surface area contributed by atoms with E-state index in [0.717, 1.165) is 38.9 Å². The Morgan fingerprint density at radius 1 is 0.840 bits per heavy atom. The Morgan fingerprint density at radius 2 is 1.56 bits per heavy atom. The predicted octanol–water partition coefficient (Wildman–Crippen LogP) is 5.22. The van der Waals surface area contributed by atoms with E-state index in [9.17, 15) is 0 Å². The van der Waals surface area contributed by atoms with Gasteiger partial charge in [0.05, 0.1) is 5.70 Å². The molecule has 0 bridgehead atoms. The van der Waals surface area contributed by atoms with Crippen LogP contribution < -0.4 is 5.32 Å². The van der Waals surface area contributed by atoms with E-state index in [1.165, 1.54) is 0 Å². The van der Waals surface area contributed by atoms with Crippen LogP contribution in [0.25, 0.3) is 27.6 Å². The van der Waals surface area contributed by atoms with Crippen molar-refractivity contribution in [2.75, 3.05) is 7.05 Å². The summed E-state index contributed by atoms with van der Waals surface area (Å²) in [5.74, 6) is 0.794. The number of para-hydroxylation sites is 1. The van der Waals surface area contributed by atoms with Crippen molar-refractivity contribution in [2.24, 2.45) is 4.99 Å². The van der Waals surface area contributed by atoms with Crippen molar-refractivity contribution >= 4 is 33.5 Å². The van der Waals surface area contributed by atoms with Crippen LogP contribution in [0, 0.1) is 0 Å². The molecule has 1 heterocycles. The van der Waals surface area contributed by atoms with Crippen LogP contribution in [0.5, 0.6) is 0 Å². The molecule has 4 rings (SSSR count). The molecule has 4 aromatic rings. The van der Waals surface area contributed by atoms with Crippen LogP contribution in [-0.4, -0.2) is 12.9 Å². The summed E-state index contributed by atoms with van der Waals surface area (Å²) in [6.07, 6.45) is 0. The Morgan fingerprint density at radius 3 is 2.36 bits per heavy atom. The van der Waals surface area contributed by atoms with Crippen molar-refractivity contribution in [3.05, 3.63) is 90.5 Å². The molecule has 3 heteroatoms. The van der Waals surface area contributed by atoms with Gasteiger partial charge in [0.15, 0.2) is 0 Å². The lowest BCUT2D eigenvalue weighted by molar-refractivity contribution is 0.669. The van der Waals surface area contributed by atoms with Crippen LogP contribution >= 0.6 is 0 Å². The molecule has 0 saturated carbocycles. The van der Waals surface area contributed by atoms with E-state index in [2.05, 4.69) is 29.0 Å². The Kier molecular flexibility index (Phi) is 3.82. The number of furan rings is 1. The number of aliphatic imine (C=N–C) groups is 1. The molecule has 1 N–H and O–H groups in total. The first-order valence-electron chi connectivity index (χ1n) is 8.19. The lowest BCUT2D eigenvalue weighted by Gasteiger charge is -2.08. The molecule has 25 heavy (non-hydrogen) atoms. The van der Waals surface area contributed by atoms with Crippen LogP contribution in [-0.2, 0) is 0 Å². The largest absolute Gasteiger partial charge is 0.456 e. The first-order valence-corrected chi connectivity index (χ1v) is 8.19. The van der Waals surface area contributed by atoms with Gasteiger partial charge in [-0.25, -0.2) is 4.99 Å². The molecule has 122 valence electrons. The van der Waals surface area contributed by atoms with E-state index in [4.69, 9.17) is 4.42 Å². The zero-order valence-electron chi connectivity index (χ0n) is 14.0. The third-order valence-corrected chi connectivity index (χ3v) is 4.24. The summed E-state index contributed by atoms with van der Waals surface area (Å²) in [7, 11) is 1.87. The minimum Gasteiger partial charge on any atom is -0.456 e. The highest BCUT2D eigenvalue weighted by atomic mass is 16.3. The number of rotatable bonds is 3. The minimum absolute atomic E-state index is 0.709. The second-order valence-corrected chi connectivity index (χ2v) is 5.83. The fourth-order valence-corrected chi connectivity index (χ4v) is 2.97. The minimum atomic E-state index is 0.709. The monoisotopic (exact) mass is 326 g/mol. The number of amidine groups is 1. The van der Waals surface area contributed by atoms with Crippen molar-refractivity contribution < 1.29 is 4.42 Å². The molecule has 0 radical (unpaired) electrons. The van der Waals surface area contributed by atoms with Crippen LogP contribution in [0.2, 0.25) is 0 Å². The third kappa shape index (κ3) is 2.81. The van der Waals surface area contributed by atoms with Crippen molar-refractivity contribution in [3.63, 3.8) is 0 Å². The zero-order chi connectivity index (χ0) is 17.2. The summed E-state index contributed by atoms with van der Waals surface area (Å²) in [5.41, 5.74) is 4.48. The Labute approximate surface area is 146 Å². The van der Waals surface area contributed by atoms with Crippen LogP contribution in [0.3, 0.4) is 0 Å². The van der Waals surface area contributed by atoms with Crippen molar-refractivity contribution in [2.45, 2.75) is 0 Å². The fraction of sp³-hybridized carbons (Fsp3) is 0.0455. The van der Waals surface area contributed by atoms with Crippen molar-refractivity contribution in [3.8, 4) is 0 Å². The summed E-state index contributed by atoms with van der Waals surface area (Å²) in [4.78, 5) is 4.69. The summed E-state index contributed by atoms with van der Waals surface area (Å²) >= 11 is 0. The van der Waals surface area contributed by atoms with Gasteiger partial charge in [0.25, 0.3) is 0 Å². The van der Waals surface area contributed by atoms with Gasteiger partial charge in [0.1, 0.15) is 17.0 Å². The maximum atomic E-state index is 5.88. The van der Waals surface area contributed by atoms with Gasteiger partial charge >= 0.3 is 0 Å². The lowest BCUT2D eigenvalue weighted by atomic mass is 10.1. The highest BCUT2D eigenvalue weighted by Gasteiger charge is 2.09. The van der Waals surface area contributed by atoms with Gasteiger partial charge in [0, 0.05) is 28.9 Å². The van der Waals surface area contributed by atoms with Crippen molar-refractivity contribution in [1.29, 1.82) is 0 Å². The molecule has 0 fully saturated rings. The quantitative estimate of drug-likeness (QED) is 0.414. The van der Waals surface area contributed by atoms with Gasteiger partial charge in [0.2, 0.25) is 0 Å². The topological polar surface area (TPSA) is 37.5 Å². The predicted molar refractivity (Wildman–Crippen MR) is 105 cm³/mol. The van der Waals surface area contributed by atoms with Gasteiger partial charge < -0.3 is 9.73 Å². The zero-order valence-corrected chi connectivity index (χ0v) is 14.0. The summed E-state index contributed by atoms with van der Waals surface area (Å²) in [5, 5.41) is 5.33. The second kappa shape index (κ2) is 6.29. The molecule has 0 saturated heterocycles. The lowest BCUT2D eigenvalue weighted by Crippen LogP contribution is -2.19. The number of benzene rings is 3. The normalized spacial score (nSPS) is 11.8. The van der Waals surface area contributed by atoms with E-state index >= 15 is 0 Å². The summed E-state index contributed by atoms with van der Waals surface area (Å²) in [6.45, 7) is 4.15. The van der Waals surface area contributed by atoms with Gasteiger partial charge in [-0.3, -0.25) is 0 Å². The van der Waals surface area contributed by atoms with Crippen LogP contribution in [0.4, 0.5) is 0 Å². The van der Waals surface area contributed by atoms with E-state index in [1.54, 1.807) is 0 Å². The van der Waals surface area contributed by atoms with Crippen LogP contribution in [0.15, 0.2) is 88.8 Å². The van der Waals surface area contributed by atoms with E-state index in [1.807, 2.05) is 67.7 Å². The molecular formula is C22H18N2O. The molecular weight excluding hydrogens is 308 g/mol. The number of nitrogens with zero attached hydrogens (tertiary/aromatic N) is 1. The van der Waals surface area contributed by atoms with E-state index in [0.29, 0.717) is 5.70 Å². The molecule has 0 spiro atoms. The maximum Gasteiger partial charge on any atom is 0.135 e. The SMILES string of the molecule is C=C(/N=C(\NC)c1ccccc1)c1ccc2oc3ccccc3c2c1. The smallest absolute Gasteiger partial charge is 0.135 e. The Balaban J connectivity index is 1.77. The average Bonchev–Trinajstić information content (AvgIpc) is 3.04. The number of nitrogens with one attached hydrogen (secondary N) is 1. The van der Waals surface area contributed by atoms with Crippen LogP contribution in [0.1, 0.15) is 11.1 Å². The maximum absolute atomic E-state index is 5.88. The highest BCUT2D eigenvalue weighted by molar-refractivity contribution is 6.06. The number of fused-ring (bicyclic) bond motifs is 3. The molecule has 3 aromatic carbocycles. The summed E-state index contributed by atoms with van der Waals surface area (Å²) < 4.78 is 5.88. The molecule has 0 aliphatic heterocycles. The first kappa shape index (κ1) is 15.2. The summed E-state index contributed by atoms with van der Waals surface area (Å²) in [6, 6.07) is 24.1. The van der Waals surface area contributed by atoms with Gasteiger partial charge in [-0.05, 0) is 24.3 Å². The van der Waals surface area contributed by atoms with Gasteiger partial charge in [-0.1, -0.05) is 55.1 Å². The second-order valence-electron chi connectivity index (χ2n) is 5.83. The third-order valence-electron chi connectivity index (χ3n) is 4.24. The molecule has 3 nitrogen and oxygen atoms in total. The standard InChI is InChI=1S/C22H18N2O/c1-15(24-22(23-2)16-8-4-3-5-9-16)17-12-13-21-19(14-17)18-10-6-7-11-20(18)25-21/h3-14H,1H2,2H3,(H,23,24). The molecule has 0 aliphatic rings. The molecule has 0 unspecified atom stereocenters. The number of hydrogen-bond donors (Lipinski definition) is 1. The van der Waals surface area contributed by atoms with Gasteiger partial charge in [-0.2, -0.15) is 0 Å². The number of hydrogen-bond acceptors (Lipinski definition) is 2. The van der Waals surface area contributed by atoms with Crippen molar-refractivity contribution in [1.82, 2.24) is 5.32 Å². The van der Waals surface area contributed by atoms with E-state index < -0.39 is 0 Å². The Bertz CT molecular complexity index is 1090.